The van der Waals surface area contributed by atoms with E-state index in [0.717, 1.165) is 5.71 Å². The summed E-state index contributed by atoms with van der Waals surface area (Å²) in [6.45, 7) is 5.28. The molecule has 1 aromatic rings. The molecule has 0 amide bonds. The molecule has 74 valence electrons. The van der Waals surface area contributed by atoms with E-state index in [2.05, 4.69) is 15.5 Å². The summed E-state index contributed by atoms with van der Waals surface area (Å²) in [6, 6.07) is 3.45. The van der Waals surface area contributed by atoms with Gasteiger partial charge in [0.1, 0.15) is 5.82 Å². The van der Waals surface area contributed by atoms with E-state index in [-0.39, 0.29) is 5.78 Å². The van der Waals surface area contributed by atoms with Crippen LogP contribution in [-0.4, -0.2) is 16.5 Å². The first kappa shape index (κ1) is 10.4. The van der Waals surface area contributed by atoms with Crippen molar-refractivity contribution < 1.29 is 4.79 Å². The molecule has 1 heterocycles. The number of carbonyl (C=O) groups excluding carboxylic acids is 1. The van der Waals surface area contributed by atoms with E-state index in [9.17, 15) is 4.79 Å². The molecule has 0 saturated heterocycles. The van der Waals surface area contributed by atoms with Gasteiger partial charge in [0.25, 0.3) is 0 Å². The summed E-state index contributed by atoms with van der Waals surface area (Å²) in [5.41, 5.74) is 4.30. The SMILES string of the molecule is CC(=O)c1ccc(NN=C(C)C)nc1. The van der Waals surface area contributed by atoms with Gasteiger partial charge in [-0.25, -0.2) is 4.98 Å². The summed E-state index contributed by atoms with van der Waals surface area (Å²) in [7, 11) is 0. The van der Waals surface area contributed by atoms with Crippen molar-refractivity contribution in [2.24, 2.45) is 5.10 Å². The summed E-state index contributed by atoms with van der Waals surface area (Å²) < 4.78 is 0. The quantitative estimate of drug-likeness (QED) is 0.452. The normalized spacial score (nSPS) is 9.36. The highest BCUT2D eigenvalue weighted by Crippen LogP contribution is 2.05. The zero-order valence-corrected chi connectivity index (χ0v) is 8.53. The van der Waals surface area contributed by atoms with E-state index in [4.69, 9.17) is 0 Å². The average Bonchev–Trinajstić information content (AvgIpc) is 2.15. The standard InChI is InChI=1S/C10H13N3O/c1-7(2)12-13-10-5-4-9(6-11-10)8(3)14/h4-6H,1-3H3,(H,11,13). The maximum atomic E-state index is 10.9. The third kappa shape index (κ3) is 2.97. The summed E-state index contributed by atoms with van der Waals surface area (Å²) in [4.78, 5) is 15.0. The molecular weight excluding hydrogens is 178 g/mol. The molecule has 0 aromatic carbocycles. The Labute approximate surface area is 83.1 Å². The molecule has 4 heteroatoms. The molecular formula is C10H13N3O. The third-order valence-corrected chi connectivity index (χ3v) is 1.56. The van der Waals surface area contributed by atoms with Gasteiger partial charge in [-0.3, -0.25) is 10.2 Å². The van der Waals surface area contributed by atoms with E-state index >= 15 is 0 Å². The summed E-state index contributed by atoms with van der Waals surface area (Å²) in [5, 5.41) is 3.99. The molecule has 0 aliphatic rings. The van der Waals surface area contributed by atoms with Gasteiger partial charge in [-0.15, -0.1) is 0 Å². The Morgan fingerprint density at radius 2 is 2.07 bits per heavy atom. The van der Waals surface area contributed by atoms with Crippen molar-refractivity contribution in [1.82, 2.24) is 4.98 Å². The number of ketones is 1. The molecule has 0 aliphatic heterocycles. The van der Waals surface area contributed by atoms with Gasteiger partial charge < -0.3 is 0 Å². The monoisotopic (exact) mass is 191 g/mol. The van der Waals surface area contributed by atoms with Crippen LogP contribution in [0.2, 0.25) is 0 Å². The molecule has 0 radical (unpaired) electrons. The first-order valence-electron chi connectivity index (χ1n) is 4.33. The van der Waals surface area contributed by atoms with E-state index in [1.54, 1.807) is 12.1 Å². The van der Waals surface area contributed by atoms with Crippen LogP contribution in [0, 0.1) is 0 Å². The van der Waals surface area contributed by atoms with Crippen molar-refractivity contribution in [1.29, 1.82) is 0 Å². The van der Waals surface area contributed by atoms with Crippen LogP contribution in [-0.2, 0) is 0 Å². The Kier molecular flexibility index (Phi) is 3.34. The number of rotatable bonds is 3. The molecule has 0 unspecified atom stereocenters. The van der Waals surface area contributed by atoms with Gasteiger partial charge in [-0.1, -0.05) is 0 Å². The number of nitrogens with one attached hydrogen (secondary N) is 1. The second-order valence-electron chi connectivity index (χ2n) is 3.16. The summed E-state index contributed by atoms with van der Waals surface area (Å²) >= 11 is 0. The highest BCUT2D eigenvalue weighted by molar-refractivity contribution is 5.93. The zero-order chi connectivity index (χ0) is 10.6. The number of hydrogen-bond donors (Lipinski definition) is 1. The van der Waals surface area contributed by atoms with Crippen LogP contribution in [0.25, 0.3) is 0 Å². The number of hydrazone groups is 1. The minimum absolute atomic E-state index is 0.0132. The number of anilines is 1. The maximum absolute atomic E-state index is 10.9. The van der Waals surface area contributed by atoms with Crippen molar-refractivity contribution in [2.45, 2.75) is 20.8 Å². The molecule has 0 spiro atoms. The lowest BCUT2D eigenvalue weighted by Gasteiger charge is -2.00. The molecule has 14 heavy (non-hydrogen) atoms. The van der Waals surface area contributed by atoms with Crippen LogP contribution in [0.5, 0.6) is 0 Å². The van der Waals surface area contributed by atoms with Gasteiger partial charge in [0, 0.05) is 17.5 Å². The zero-order valence-electron chi connectivity index (χ0n) is 8.53. The number of Topliss-reactive ketones (excluding diaryl/α,β-unsaturated/α-hetero) is 1. The van der Waals surface area contributed by atoms with E-state index < -0.39 is 0 Å². The average molecular weight is 191 g/mol. The predicted octanol–water partition coefficient (Wildman–Crippen LogP) is 2.09. The smallest absolute Gasteiger partial charge is 0.161 e. The molecule has 1 rings (SSSR count). The minimum atomic E-state index is 0.0132. The van der Waals surface area contributed by atoms with Crippen LogP contribution in [0.3, 0.4) is 0 Å². The number of carbonyl (C=O) groups is 1. The molecule has 1 N–H and O–H groups in total. The van der Waals surface area contributed by atoms with Gasteiger partial charge in [0.15, 0.2) is 5.78 Å². The lowest BCUT2D eigenvalue weighted by atomic mass is 10.2. The lowest BCUT2D eigenvalue weighted by molar-refractivity contribution is 0.101. The van der Waals surface area contributed by atoms with Gasteiger partial charge in [0.05, 0.1) is 0 Å². The van der Waals surface area contributed by atoms with Gasteiger partial charge in [-0.05, 0) is 32.9 Å². The lowest BCUT2D eigenvalue weighted by Crippen LogP contribution is -1.98. The van der Waals surface area contributed by atoms with Crippen LogP contribution in [0.1, 0.15) is 31.1 Å². The number of nitrogens with zero attached hydrogens (tertiary/aromatic N) is 2. The highest BCUT2D eigenvalue weighted by atomic mass is 16.1. The van der Waals surface area contributed by atoms with Crippen molar-refractivity contribution in [3.05, 3.63) is 23.9 Å². The number of hydrogen-bond acceptors (Lipinski definition) is 4. The molecule has 1 aromatic heterocycles. The fourth-order valence-electron chi connectivity index (χ4n) is 0.837. The fraction of sp³-hybridized carbons (Fsp3) is 0.300. The number of pyridine rings is 1. The Balaban J connectivity index is 2.74. The Hall–Kier alpha value is -1.71. The highest BCUT2D eigenvalue weighted by Gasteiger charge is 1.98. The Morgan fingerprint density at radius 3 is 2.50 bits per heavy atom. The third-order valence-electron chi connectivity index (χ3n) is 1.56. The molecule has 0 atom stereocenters. The molecule has 0 aliphatic carbocycles. The van der Waals surface area contributed by atoms with Crippen LogP contribution in [0.4, 0.5) is 5.82 Å². The van der Waals surface area contributed by atoms with Gasteiger partial charge in [0.2, 0.25) is 0 Å². The molecule has 0 bridgehead atoms. The molecule has 0 fully saturated rings. The molecule has 4 nitrogen and oxygen atoms in total. The van der Waals surface area contributed by atoms with Crippen LogP contribution >= 0.6 is 0 Å². The van der Waals surface area contributed by atoms with Crippen molar-refractivity contribution in [2.75, 3.05) is 5.43 Å². The van der Waals surface area contributed by atoms with Crippen LogP contribution < -0.4 is 5.43 Å². The first-order chi connectivity index (χ1) is 6.59. The second kappa shape index (κ2) is 4.50. The Bertz CT molecular complexity index is 350. The summed E-state index contributed by atoms with van der Waals surface area (Å²) in [5.74, 6) is 0.649. The first-order valence-corrected chi connectivity index (χ1v) is 4.33. The van der Waals surface area contributed by atoms with E-state index in [0.29, 0.717) is 11.4 Å². The van der Waals surface area contributed by atoms with E-state index in [1.807, 2.05) is 13.8 Å². The predicted molar refractivity (Wildman–Crippen MR) is 56.6 cm³/mol. The van der Waals surface area contributed by atoms with Crippen molar-refractivity contribution in [3.8, 4) is 0 Å². The number of aromatic nitrogens is 1. The summed E-state index contributed by atoms with van der Waals surface area (Å²) in [6.07, 6.45) is 1.53. The van der Waals surface area contributed by atoms with Crippen molar-refractivity contribution in [3.63, 3.8) is 0 Å². The Morgan fingerprint density at radius 1 is 1.36 bits per heavy atom. The second-order valence-corrected chi connectivity index (χ2v) is 3.16. The molecule has 0 saturated carbocycles. The largest absolute Gasteiger partial charge is 0.294 e. The van der Waals surface area contributed by atoms with Gasteiger partial charge >= 0.3 is 0 Å². The van der Waals surface area contributed by atoms with Gasteiger partial charge in [-0.2, -0.15) is 5.10 Å². The fourth-order valence-corrected chi connectivity index (χ4v) is 0.837. The van der Waals surface area contributed by atoms with Crippen molar-refractivity contribution >= 4 is 17.3 Å². The van der Waals surface area contributed by atoms with Crippen LogP contribution in [0.15, 0.2) is 23.4 Å². The topological polar surface area (TPSA) is 54.4 Å². The minimum Gasteiger partial charge on any atom is -0.294 e. The maximum Gasteiger partial charge on any atom is 0.161 e. The van der Waals surface area contributed by atoms with E-state index in [1.165, 1.54) is 13.1 Å².